The number of rotatable bonds is 3. The summed E-state index contributed by atoms with van der Waals surface area (Å²) in [6, 6.07) is 7.45. The lowest BCUT2D eigenvalue weighted by atomic mass is 9.63. The second kappa shape index (κ2) is 5.04. The van der Waals surface area contributed by atoms with Crippen LogP contribution in [-0.2, 0) is 14.4 Å². The number of nitrogens with zero attached hydrogens (tertiary/aromatic N) is 1. The molecule has 5 aliphatic rings. The molecule has 6 rings (SSSR count). The van der Waals surface area contributed by atoms with Crippen molar-refractivity contribution in [2.45, 2.75) is 13.3 Å². The molecular formula is C20H20N2O3. The number of anilines is 1. The molecule has 0 aromatic heterocycles. The Morgan fingerprint density at radius 1 is 1.04 bits per heavy atom. The maximum Gasteiger partial charge on any atom is 0.244 e. The summed E-state index contributed by atoms with van der Waals surface area (Å²) in [5.74, 6) is 0.441. The monoisotopic (exact) mass is 336 g/mol. The predicted molar refractivity (Wildman–Crippen MR) is 91.2 cm³/mol. The standard InChI is InChI=1S/C20H20N2O3/c1-10-2-4-11(5-3-10)21-16(23)9-22-19(24)17-12-6-7-13(15-8-14(12)15)18(17)20(22)25/h2-7,12-15,17-18H,8-9H2,1H3,(H,21,23)/t12-,13-,14-,15-,17-,18+/m0/s1. The zero-order valence-corrected chi connectivity index (χ0v) is 14.0. The largest absolute Gasteiger partial charge is 0.325 e. The number of amides is 3. The molecule has 0 spiro atoms. The van der Waals surface area contributed by atoms with Crippen LogP contribution in [0.25, 0.3) is 0 Å². The van der Waals surface area contributed by atoms with E-state index in [9.17, 15) is 14.4 Å². The number of imide groups is 1. The number of hydrogen-bond acceptors (Lipinski definition) is 3. The summed E-state index contributed by atoms with van der Waals surface area (Å²) < 4.78 is 0. The van der Waals surface area contributed by atoms with Gasteiger partial charge in [-0.1, -0.05) is 29.8 Å². The van der Waals surface area contributed by atoms with Crippen LogP contribution in [0, 0.1) is 42.4 Å². The molecular weight excluding hydrogens is 316 g/mol. The fourth-order valence-electron chi connectivity index (χ4n) is 5.16. The van der Waals surface area contributed by atoms with Gasteiger partial charge >= 0.3 is 0 Å². The Morgan fingerprint density at radius 2 is 1.60 bits per heavy atom. The molecule has 4 aliphatic carbocycles. The minimum atomic E-state index is -0.324. The van der Waals surface area contributed by atoms with Crippen LogP contribution in [0.15, 0.2) is 36.4 Å². The molecule has 0 unspecified atom stereocenters. The zero-order valence-electron chi connectivity index (χ0n) is 14.0. The topological polar surface area (TPSA) is 66.5 Å². The highest BCUT2D eigenvalue weighted by atomic mass is 16.2. The van der Waals surface area contributed by atoms with Gasteiger partial charge in [0.05, 0.1) is 11.8 Å². The fraction of sp³-hybridized carbons (Fsp3) is 0.450. The highest BCUT2D eigenvalue weighted by molar-refractivity contribution is 6.09. The van der Waals surface area contributed by atoms with Gasteiger partial charge in [-0.2, -0.15) is 0 Å². The lowest BCUT2D eigenvalue weighted by Crippen LogP contribution is -2.40. The van der Waals surface area contributed by atoms with Crippen molar-refractivity contribution < 1.29 is 14.4 Å². The number of allylic oxidation sites excluding steroid dienone is 2. The van der Waals surface area contributed by atoms with E-state index in [2.05, 4.69) is 17.5 Å². The van der Waals surface area contributed by atoms with Crippen LogP contribution in [0.2, 0.25) is 0 Å². The number of carbonyl (C=O) groups excluding carboxylic acids is 3. The molecule has 3 fully saturated rings. The molecule has 1 heterocycles. The van der Waals surface area contributed by atoms with E-state index in [0.717, 1.165) is 12.0 Å². The molecule has 2 saturated carbocycles. The first kappa shape index (κ1) is 14.9. The average Bonchev–Trinajstić information content (AvgIpc) is 3.38. The Labute approximate surface area is 146 Å². The number of benzene rings is 1. The lowest BCUT2D eigenvalue weighted by molar-refractivity contribution is -0.142. The van der Waals surface area contributed by atoms with Crippen LogP contribution >= 0.6 is 0 Å². The van der Waals surface area contributed by atoms with Gasteiger partial charge in [0.1, 0.15) is 6.54 Å². The van der Waals surface area contributed by atoms with Crippen molar-refractivity contribution >= 4 is 23.4 Å². The van der Waals surface area contributed by atoms with Crippen molar-refractivity contribution in [3.8, 4) is 0 Å². The summed E-state index contributed by atoms with van der Waals surface area (Å²) in [6.45, 7) is 1.79. The van der Waals surface area contributed by atoms with Gasteiger partial charge in [0.15, 0.2) is 0 Å². The van der Waals surface area contributed by atoms with E-state index in [4.69, 9.17) is 0 Å². The summed E-state index contributed by atoms with van der Waals surface area (Å²) in [7, 11) is 0. The second-order valence-corrected chi connectivity index (χ2v) is 7.83. The molecule has 2 bridgehead atoms. The third kappa shape index (κ3) is 2.11. The summed E-state index contributed by atoms with van der Waals surface area (Å²) in [5, 5.41) is 2.77. The highest BCUT2D eigenvalue weighted by Crippen LogP contribution is 2.65. The minimum Gasteiger partial charge on any atom is -0.325 e. The van der Waals surface area contributed by atoms with Crippen LogP contribution in [-0.4, -0.2) is 29.2 Å². The molecule has 25 heavy (non-hydrogen) atoms. The Hall–Kier alpha value is -2.43. The van der Waals surface area contributed by atoms with E-state index in [0.29, 0.717) is 17.5 Å². The minimum absolute atomic E-state index is 0.154. The Morgan fingerprint density at radius 3 is 2.16 bits per heavy atom. The summed E-state index contributed by atoms with van der Waals surface area (Å²) >= 11 is 0. The van der Waals surface area contributed by atoms with E-state index >= 15 is 0 Å². The van der Waals surface area contributed by atoms with Gasteiger partial charge in [0, 0.05) is 5.69 Å². The number of carbonyl (C=O) groups is 3. The lowest BCUT2D eigenvalue weighted by Gasteiger charge is -2.37. The van der Waals surface area contributed by atoms with Gasteiger partial charge in [-0.15, -0.1) is 0 Å². The Bertz CT molecular complexity index is 777. The third-order valence-electron chi connectivity index (χ3n) is 6.39. The maximum atomic E-state index is 12.8. The number of aryl methyl sites for hydroxylation is 1. The maximum absolute atomic E-state index is 12.8. The first-order valence-electron chi connectivity index (χ1n) is 8.94. The first-order chi connectivity index (χ1) is 12.0. The van der Waals surface area contributed by atoms with Crippen LogP contribution < -0.4 is 5.32 Å². The average molecular weight is 336 g/mol. The van der Waals surface area contributed by atoms with E-state index in [1.807, 2.05) is 31.2 Å². The zero-order chi connectivity index (χ0) is 17.3. The van der Waals surface area contributed by atoms with Crippen molar-refractivity contribution in [3.63, 3.8) is 0 Å². The van der Waals surface area contributed by atoms with Crippen molar-refractivity contribution in [2.24, 2.45) is 35.5 Å². The highest BCUT2D eigenvalue weighted by Gasteiger charge is 2.67. The molecule has 128 valence electrons. The molecule has 1 aliphatic heterocycles. The first-order valence-corrected chi connectivity index (χ1v) is 8.94. The predicted octanol–water partition coefficient (Wildman–Crippen LogP) is 1.99. The van der Waals surface area contributed by atoms with Crippen molar-refractivity contribution in [1.29, 1.82) is 0 Å². The van der Waals surface area contributed by atoms with Crippen LogP contribution in [0.3, 0.4) is 0 Å². The van der Waals surface area contributed by atoms with Crippen LogP contribution in [0.4, 0.5) is 5.69 Å². The Kier molecular flexibility index (Phi) is 3.00. The summed E-state index contributed by atoms with van der Waals surface area (Å²) in [6.07, 6.45) is 5.42. The van der Waals surface area contributed by atoms with Gasteiger partial charge in [0.2, 0.25) is 17.7 Å². The summed E-state index contributed by atoms with van der Waals surface area (Å²) in [4.78, 5) is 39.2. The second-order valence-electron chi connectivity index (χ2n) is 7.83. The van der Waals surface area contributed by atoms with Crippen molar-refractivity contribution in [1.82, 2.24) is 4.90 Å². The van der Waals surface area contributed by atoms with Gasteiger partial charge in [-0.3, -0.25) is 19.3 Å². The van der Waals surface area contributed by atoms with Crippen LogP contribution in [0.1, 0.15) is 12.0 Å². The molecule has 1 N–H and O–H groups in total. The molecule has 6 atom stereocenters. The van der Waals surface area contributed by atoms with E-state index in [1.54, 1.807) is 0 Å². The smallest absolute Gasteiger partial charge is 0.244 e. The van der Waals surface area contributed by atoms with Gasteiger partial charge in [-0.25, -0.2) is 0 Å². The molecule has 1 aromatic carbocycles. The molecule has 3 amide bonds. The number of hydrogen-bond donors (Lipinski definition) is 1. The summed E-state index contributed by atoms with van der Waals surface area (Å²) in [5.41, 5.74) is 1.78. The SMILES string of the molecule is Cc1ccc(NC(=O)CN2C(=O)[C@@H]3[C@H]4C=C[C@@H]([C@@H]5C[C@@H]45)[C@@H]3C2=O)cc1. The molecule has 1 aromatic rings. The molecule has 0 radical (unpaired) electrons. The normalized spacial score (nSPS) is 37.1. The van der Waals surface area contributed by atoms with Gasteiger partial charge in [0.25, 0.3) is 0 Å². The van der Waals surface area contributed by atoms with E-state index in [1.165, 1.54) is 4.90 Å². The van der Waals surface area contributed by atoms with E-state index < -0.39 is 0 Å². The Balaban J connectivity index is 1.32. The van der Waals surface area contributed by atoms with Gasteiger partial charge < -0.3 is 5.32 Å². The van der Waals surface area contributed by atoms with Crippen LogP contribution in [0.5, 0.6) is 0 Å². The molecule has 5 nitrogen and oxygen atoms in total. The van der Waals surface area contributed by atoms with E-state index in [-0.39, 0.29) is 47.9 Å². The van der Waals surface area contributed by atoms with Gasteiger partial charge in [-0.05, 0) is 49.1 Å². The van der Waals surface area contributed by atoms with Crippen molar-refractivity contribution in [3.05, 3.63) is 42.0 Å². The number of nitrogens with one attached hydrogen (secondary N) is 1. The molecule has 5 heteroatoms. The molecule has 1 saturated heterocycles. The quantitative estimate of drug-likeness (QED) is 0.678. The fourth-order valence-corrected chi connectivity index (χ4v) is 5.16. The number of likely N-dealkylation sites (tertiary alicyclic amines) is 1. The third-order valence-corrected chi connectivity index (χ3v) is 6.39. The van der Waals surface area contributed by atoms with Crippen molar-refractivity contribution in [2.75, 3.05) is 11.9 Å².